The number of aryl methyl sites for hydroxylation is 2. The molecule has 0 spiro atoms. The van der Waals surface area contributed by atoms with Crippen LogP contribution in [-0.4, -0.2) is 29.0 Å². The number of halogens is 3. The molecule has 0 N–H and O–H groups in total. The number of sulfonamides is 1. The van der Waals surface area contributed by atoms with Gasteiger partial charge in [0, 0.05) is 37.8 Å². The summed E-state index contributed by atoms with van der Waals surface area (Å²) in [4.78, 5) is -0.734. The summed E-state index contributed by atoms with van der Waals surface area (Å²) in [7, 11) is -2.59. The number of hydrogen-bond donors (Lipinski definition) is 0. The van der Waals surface area contributed by atoms with Crippen LogP contribution >= 0.6 is 0 Å². The van der Waals surface area contributed by atoms with Crippen molar-refractivity contribution in [1.82, 2.24) is 14.1 Å². The van der Waals surface area contributed by atoms with E-state index in [9.17, 15) is 21.6 Å². The molecule has 0 fully saturated rings. The van der Waals surface area contributed by atoms with Crippen molar-refractivity contribution in [3.63, 3.8) is 0 Å². The van der Waals surface area contributed by atoms with E-state index in [1.54, 1.807) is 11.7 Å². The number of hydrogen-bond acceptors (Lipinski definition) is 4. The van der Waals surface area contributed by atoms with Gasteiger partial charge in [-0.25, -0.2) is 8.42 Å². The molecule has 0 bridgehead atoms. The molecular weight excluding hydrogens is 455 g/mol. The molecule has 0 unspecified atom stereocenters. The van der Waals surface area contributed by atoms with Gasteiger partial charge in [-0.1, -0.05) is 42.0 Å². The fourth-order valence-electron chi connectivity index (χ4n) is 3.98. The summed E-state index contributed by atoms with van der Waals surface area (Å²) in [6.07, 6.45) is -4.42. The Kier molecular flexibility index (Phi) is 6.35. The summed E-state index contributed by atoms with van der Waals surface area (Å²) in [5.41, 5.74) is 3.11. The minimum atomic E-state index is -4.77. The lowest BCUT2D eigenvalue weighted by Crippen LogP contribution is -2.37. The minimum absolute atomic E-state index is 0.0546. The highest BCUT2D eigenvalue weighted by molar-refractivity contribution is 7.89. The molecule has 6 nitrogen and oxygen atoms in total. The fraction of sp³-hybridized carbons (Fsp3) is 0.348. The topological polar surface area (TPSA) is 64.4 Å². The summed E-state index contributed by atoms with van der Waals surface area (Å²) in [6.45, 7) is 2.56. The summed E-state index contributed by atoms with van der Waals surface area (Å²) in [5, 5.41) is 4.47. The van der Waals surface area contributed by atoms with Crippen LogP contribution in [0.25, 0.3) is 0 Å². The first-order valence-electron chi connectivity index (χ1n) is 10.4. The van der Waals surface area contributed by atoms with Crippen molar-refractivity contribution in [2.75, 3.05) is 6.54 Å². The zero-order valence-electron chi connectivity index (χ0n) is 18.3. The van der Waals surface area contributed by atoms with E-state index in [1.807, 2.05) is 31.2 Å². The summed E-state index contributed by atoms with van der Waals surface area (Å²) >= 11 is 0. The van der Waals surface area contributed by atoms with Crippen molar-refractivity contribution < 1.29 is 26.3 Å². The third-order valence-electron chi connectivity index (χ3n) is 5.73. The van der Waals surface area contributed by atoms with Gasteiger partial charge in [-0.2, -0.15) is 22.6 Å². The highest BCUT2D eigenvalue weighted by Crippen LogP contribution is 2.36. The molecule has 0 atom stereocenters. The van der Waals surface area contributed by atoms with Crippen molar-refractivity contribution >= 4 is 10.0 Å². The molecule has 1 aromatic heterocycles. The molecule has 1 aliphatic rings. The van der Waals surface area contributed by atoms with Gasteiger partial charge in [-0.15, -0.1) is 0 Å². The molecule has 2 aromatic carbocycles. The predicted molar refractivity (Wildman–Crippen MR) is 116 cm³/mol. The van der Waals surface area contributed by atoms with Gasteiger partial charge in [0.15, 0.2) is 0 Å². The minimum Gasteiger partial charge on any atom is -0.370 e. The maximum absolute atomic E-state index is 13.4. The second-order valence-corrected chi connectivity index (χ2v) is 9.96. The largest absolute Gasteiger partial charge is 0.417 e. The molecule has 1 aliphatic heterocycles. The third-order valence-corrected chi connectivity index (χ3v) is 7.63. The number of ether oxygens (including phenoxy) is 1. The van der Waals surface area contributed by atoms with Crippen LogP contribution in [0.4, 0.5) is 13.2 Å². The fourth-order valence-corrected chi connectivity index (χ4v) is 5.60. The van der Waals surface area contributed by atoms with Crippen molar-refractivity contribution in [2.45, 2.75) is 44.2 Å². The molecule has 3 aromatic rings. The molecule has 4 rings (SSSR count). The lowest BCUT2D eigenvalue weighted by molar-refractivity contribution is -0.139. The Labute approximate surface area is 190 Å². The Morgan fingerprint density at radius 1 is 1.06 bits per heavy atom. The van der Waals surface area contributed by atoms with Gasteiger partial charge in [0.2, 0.25) is 10.0 Å². The van der Waals surface area contributed by atoms with Gasteiger partial charge in [0.1, 0.15) is 0 Å². The van der Waals surface area contributed by atoms with E-state index in [0.29, 0.717) is 24.3 Å². The highest BCUT2D eigenvalue weighted by atomic mass is 32.2. The van der Waals surface area contributed by atoms with Gasteiger partial charge >= 0.3 is 6.18 Å². The number of rotatable bonds is 6. The molecular formula is C23H24F3N3O3S. The van der Waals surface area contributed by atoms with Crippen LogP contribution in [0.15, 0.2) is 53.4 Å². The van der Waals surface area contributed by atoms with E-state index in [2.05, 4.69) is 5.10 Å². The van der Waals surface area contributed by atoms with Crippen LogP contribution in [0.2, 0.25) is 0 Å². The van der Waals surface area contributed by atoms with E-state index < -0.39 is 26.7 Å². The lowest BCUT2D eigenvalue weighted by atomic mass is 10.1. The molecule has 10 heteroatoms. The van der Waals surface area contributed by atoms with Gasteiger partial charge in [-0.05, 0) is 24.6 Å². The molecule has 0 saturated carbocycles. The van der Waals surface area contributed by atoms with Crippen LogP contribution < -0.4 is 0 Å². The smallest absolute Gasteiger partial charge is 0.370 e. The Bertz CT molecular complexity index is 1250. The predicted octanol–water partition coefficient (Wildman–Crippen LogP) is 4.21. The first kappa shape index (κ1) is 23.5. The second-order valence-electron chi connectivity index (χ2n) is 8.06. The molecule has 176 valence electrons. The quantitative estimate of drug-likeness (QED) is 0.531. The van der Waals surface area contributed by atoms with E-state index in [1.165, 1.54) is 12.1 Å². The zero-order valence-corrected chi connectivity index (χ0v) is 19.1. The normalized spacial score (nSPS) is 14.9. The van der Waals surface area contributed by atoms with Gasteiger partial charge in [-0.3, -0.25) is 4.68 Å². The maximum Gasteiger partial charge on any atom is 0.417 e. The highest BCUT2D eigenvalue weighted by Gasteiger charge is 2.40. The van der Waals surface area contributed by atoms with E-state index in [-0.39, 0.29) is 19.7 Å². The number of benzene rings is 2. The Hall–Kier alpha value is -2.69. The first-order valence-corrected chi connectivity index (χ1v) is 11.8. The van der Waals surface area contributed by atoms with Crippen molar-refractivity contribution in [3.05, 3.63) is 82.2 Å². The molecule has 0 amide bonds. The van der Waals surface area contributed by atoms with Gasteiger partial charge < -0.3 is 4.74 Å². The van der Waals surface area contributed by atoms with E-state index in [0.717, 1.165) is 33.3 Å². The molecule has 33 heavy (non-hydrogen) atoms. The molecule has 2 heterocycles. The van der Waals surface area contributed by atoms with E-state index in [4.69, 9.17) is 4.74 Å². The standard InChI is InChI=1S/C23H24F3N3O3S/c1-16-7-9-17(10-8-16)14-32-15-20-18-13-29(12-11-21(18)28(2)27-20)33(30,31)22-6-4-3-5-19(22)23(24,25)26/h3-10H,11-15H2,1-2H3. The van der Waals surface area contributed by atoms with Gasteiger partial charge in [0.25, 0.3) is 0 Å². The Morgan fingerprint density at radius 3 is 2.45 bits per heavy atom. The van der Waals surface area contributed by atoms with Gasteiger partial charge in [0.05, 0.1) is 29.4 Å². The number of aromatic nitrogens is 2. The van der Waals surface area contributed by atoms with Crippen LogP contribution in [0.3, 0.4) is 0 Å². The Morgan fingerprint density at radius 2 is 1.76 bits per heavy atom. The number of fused-ring (bicyclic) bond motifs is 1. The van der Waals surface area contributed by atoms with Crippen molar-refractivity contribution in [2.24, 2.45) is 7.05 Å². The molecule has 0 saturated heterocycles. The van der Waals surface area contributed by atoms with Crippen LogP contribution in [0.1, 0.15) is 33.6 Å². The van der Waals surface area contributed by atoms with Crippen molar-refractivity contribution in [1.29, 1.82) is 0 Å². The van der Waals surface area contributed by atoms with Crippen LogP contribution in [-0.2, 0) is 54.2 Å². The number of alkyl halides is 3. The van der Waals surface area contributed by atoms with Crippen molar-refractivity contribution in [3.8, 4) is 0 Å². The van der Waals surface area contributed by atoms with E-state index >= 15 is 0 Å². The SMILES string of the molecule is Cc1ccc(COCc2nn(C)c3c2CN(S(=O)(=O)c2ccccc2C(F)(F)F)CC3)cc1. The first-order chi connectivity index (χ1) is 15.6. The summed E-state index contributed by atoms with van der Waals surface area (Å²) in [6, 6.07) is 12.2. The molecule has 0 aliphatic carbocycles. The summed E-state index contributed by atoms with van der Waals surface area (Å²) < 4.78 is 75.3. The molecule has 0 radical (unpaired) electrons. The monoisotopic (exact) mass is 479 g/mol. The second kappa shape index (κ2) is 8.92. The summed E-state index contributed by atoms with van der Waals surface area (Å²) in [5.74, 6) is 0. The third kappa shape index (κ3) is 4.83. The Balaban J connectivity index is 1.55. The average Bonchev–Trinajstić information content (AvgIpc) is 3.09. The zero-order chi connectivity index (χ0) is 23.8. The lowest BCUT2D eigenvalue weighted by Gasteiger charge is -2.28. The number of nitrogens with zero attached hydrogens (tertiary/aromatic N) is 3. The average molecular weight is 480 g/mol. The maximum atomic E-state index is 13.4. The van der Waals surface area contributed by atoms with Crippen LogP contribution in [0.5, 0.6) is 0 Å². The van der Waals surface area contributed by atoms with Crippen LogP contribution in [0, 0.1) is 6.92 Å².